The van der Waals surface area contributed by atoms with Gasteiger partial charge in [-0.2, -0.15) is 4.52 Å². The van der Waals surface area contributed by atoms with Crippen molar-refractivity contribution in [1.29, 1.82) is 0 Å². The van der Waals surface area contributed by atoms with Crippen LogP contribution in [0.15, 0.2) is 48.5 Å². The van der Waals surface area contributed by atoms with Crippen LogP contribution < -0.4 is 5.32 Å². The lowest BCUT2D eigenvalue weighted by Crippen LogP contribution is -2.02. The number of pyridine rings is 1. The Kier molecular flexibility index (Phi) is 3.08. The number of para-hydroxylation sites is 1. The molecular formula is C19H15N7. The summed E-state index contributed by atoms with van der Waals surface area (Å²) in [6, 6.07) is 16.1. The third-order valence-corrected chi connectivity index (χ3v) is 4.37. The van der Waals surface area contributed by atoms with Gasteiger partial charge < -0.3 is 5.32 Å². The van der Waals surface area contributed by atoms with Crippen molar-refractivity contribution in [3.8, 4) is 0 Å². The third-order valence-electron chi connectivity index (χ3n) is 4.37. The number of aryl methyl sites for hydroxylation is 2. The van der Waals surface area contributed by atoms with Crippen LogP contribution in [0, 0.1) is 13.8 Å². The van der Waals surface area contributed by atoms with Crippen LogP contribution in [0.4, 0.5) is 11.5 Å². The largest absolute Gasteiger partial charge is 0.336 e. The number of tetrazole rings is 1. The van der Waals surface area contributed by atoms with Crippen LogP contribution in [0.5, 0.6) is 0 Å². The summed E-state index contributed by atoms with van der Waals surface area (Å²) in [4.78, 5) is 9.34. The standard InChI is InChI=1S/C19H15N7/c1-11-7-8-15-17(9-11)26-19(23-24-25-26)18(21-15)22-16-10-12(2)20-14-6-4-3-5-13(14)16/h3-10H,1-2H3,(H,20,21,22). The molecule has 0 radical (unpaired) electrons. The number of aromatic nitrogens is 6. The van der Waals surface area contributed by atoms with Gasteiger partial charge in [0.1, 0.15) is 0 Å². The van der Waals surface area contributed by atoms with E-state index in [1.165, 1.54) is 0 Å². The highest BCUT2D eigenvalue weighted by atomic mass is 15.5. The fourth-order valence-corrected chi connectivity index (χ4v) is 3.19. The fraction of sp³-hybridized carbons (Fsp3) is 0.105. The Morgan fingerprint density at radius 3 is 2.73 bits per heavy atom. The number of benzene rings is 2. The van der Waals surface area contributed by atoms with Crippen LogP contribution in [-0.4, -0.2) is 30.0 Å². The number of fused-ring (bicyclic) bond motifs is 4. The lowest BCUT2D eigenvalue weighted by atomic mass is 10.1. The second kappa shape index (κ2) is 5.45. The zero-order chi connectivity index (χ0) is 17.7. The molecule has 5 rings (SSSR count). The maximum atomic E-state index is 4.75. The van der Waals surface area contributed by atoms with Gasteiger partial charge in [0.05, 0.1) is 22.2 Å². The van der Waals surface area contributed by atoms with E-state index in [4.69, 9.17) is 4.98 Å². The maximum Gasteiger partial charge on any atom is 0.222 e. The molecule has 5 aromatic rings. The molecule has 1 N–H and O–H groups in total. The summed E-state index contributed by atoms with van der Waals surface area (Å²) >= 11 is 0. The van der Waals surface area contributed by atoms with Gasteiger partial charge in [0.2, 0.25) is 5.65 Å². The van der Waals surface area contributed by atoms with E-state index in [1.807, 2.05) is 62.4 Å². The van der Waals surface area contributed by atoms with Crippen LogP contribution >= 0.6 is 0 Å². The molecule has 0 aliphatic rings. The molecule has 7 heteroatoms. The number of nitrogens with zero attached hydrogens (tertiary/aromatic N) is 6. The van der Waals surface area contributed by atoms with Crippen molar-refractivity contribution in [2.75, 3.05) is 5.32 Å². The molecule has 3 heterocycles. The number of anilines is 2. The van der Waals surface area contributed by atoms with E-state index in [2.05, 4.69) is 25.8 Å². The first-order chi connectivity index (χ1) is 12.7. The van der Waals surface area contributed by atoms with Gasteiger partial charge in [-0.25, -0.2) is 4.98 Å². The first kappa shape index (κ1) is 14.7. The average Bonchev–Trinajstić information content (AvgIpc) is 3.12. The Bertz CT molecular complexity index is 1290. The summed E-state index contributed by atoms with van der Waals surface area (Å²) in [5.74, 6) is 0.613. The quantitative estimate of drug-likeness (QED) is 0.528. The summed E-state index contributed by atoms with van der Waals surface area (Å²) in [5, 5.41) is 16.6. The molecule has 7 nitrogen and oxygen atoms in total. The molecule has 2 aromatic carbocycles. The summed E-state index contributed by atoms with van der Waals surface area (Å²) < 4.78 is 1.72. The number of rotatable bonds is 2. The monoisotopic (exact) mass is 341 g/mol. The van der Waals surface area contributed by atoms with Crippen LogP contribution in [-0.2, 0) is 0 Å². The van der Waals surface area contributed by atoms with E-state index in [-0.39, 0.29) is 0 Å². The molecule has 0 saturated heterocycles. The van der Waals surface area contributed by atoms with Crippen molar-refractivity contribution in [3.63, 3.8) is 0 Å². The topological polar surface area (TPSA) is 80.9 Å². The minimum Gasteiger partial charge on any atom is -0.336 e. The molecule has 0 spiro atoms. The highest BCUT2D eigenvalue weighted by Gasteiger charge is 2.13. The molecule has 0 aliphatic carbocycles. The van der Waals surface area contributed by atoms with Gasteiger partial charge in [0.25, 0.3) is 0 Å². The van der Waals surface area contributed by atoms with E-state index in [1.54, 1.807) is 4.52 Å². The molecule has 0 atom stereocenters. The van der Waals surface area contributed by atoms with Crippen LogP contribution in [0.3, 0.4) is 0 Å². The molecule has 26 heavy (non-hydrogen) atoms. The molecule has 0 amide bonds. The normalized spacial score (nSPS) is 11.5. The number of hydrogen-bond acceptors (Lipinski definition) is 6. The SMILES string of the molecule is Cc1ccc2nc(Nc3cc(C)nc4ccccc34)c3nnnn3c2c1. The van der Waals surface area contributed by atoms with Crippen molar-refractivity contribution in [2.45, 2.75) is 13.8 Å². The zero-order valence-electron chi connectivity index (χ0n) is 14.3. The highest BCUT2D eigenvalue weighted by Crippen LogP contribution is 2.28. The van der Waals surface area contributed by atoms with E-state index >= 15 is 0 Å². The van der Waals surface area contributed by atoms with Gasteiger partial charge in [-0.1, -0.05) is 24.3 Å². The summed E-state index contributed by atoms with van der Waals surface area (Å²) in [6.07, 6.45) is 0. The summed E-state index contributed by atoms with van der Waals surface area (Å²) in [6.45, 7) is 4.01. The van der Waals surface area contributed by atoms with Gasteiger partial charge >= 0.3 is 0 Å². The third kappa shape index (κ3) is 2.25. The van der Waals surface area contributed by atoms with E-state index < -0.39 is 0 Å². The Hall–Kier alpha value is -3.61. The fourth-order valence-electron chi connectivity index (χ4n) is 3.19. The first-order valence-electron chi connectivity index (χ1n) is 8.31. The smallest absolute Gasteiger partial charge is 0.222 e. The minimum absolute atomic E-state index is 0.585. The Labute approximate surface area is 148 Å². The summed E-state index contributed by atoms with van der Waals surface area (Å²) in [7, 11) is 0. The van der Waals surface area contributed by atoms with Crippen molar-refractivity contribution in [2.24, 2.45) is 0 Å². The lowest BCUT2D eigenvalue weighted by molar-refractivity contribution is 0.840. The lowest BCUT2D eigenvalue weighted by Gasteiger charge is -2.11. The predicted octanol–water partition coefficient (Wildman–Crippen LogP) is 3.58. The van der Waals surface area contributed by atoms with Gasteiger partial charge in [-0.3, -0.25) is 4.98 Å². The molecule has 0 aliphatic heterocycles. The Morgan fingerprint density at radius 1 is 0.923 bits per heavy atom. The average molecular weight is 341 g/mol. The maximum absolute atomic E-state index is 4.75. The predicted molar refractivity (Wildman–Crippen MR) is 101 cm³/mol. The minimum atomic E-state index is 0.585. The molecule has 126 valence electrons. The Balaban J connectivity index is 1.75. The van der Waals surface area contributed by atoms with Gasteiger partial charge in [-0.15, -0.1) is 5.10 Å². The van der Waals surface area contributed by atoms with Crippen molar-refractivity contribution >= 4 is 39.1 Å². The second-order valence-electron chi connectivity index (χ2n) is 6.32. The molecule has 0 saturated carbocycles. The number of nitrogens with one attached hydrogen (secondary N) is 1. The van der Waals surface area contributed by atoms with Gasteiger partial charge in [0.15, 0.2) is 5.82 Å². The second-order valence-corrected chi connectivity index (χ2v) is 6.32. The molecule has 0 bridgehead atoms. The van der Waals surface area contributed by atoms with Crippen molar-refractivity contribution in [3.05, 3.63) is 59.8 Å². The van der Waals surface area contributed by atoms with Gasteiger partial charge in [-0.05, 0) is 54.1 Å². The molecule has 3 aromatic heterocycles. The highest BCUT2D eigenvalue weighted by molar-refractivity contribution is 5.94. The van der Waals surface area contributed by atoms with Crippen LogP contribution in [0.2, 0.25) is 0 Å². The first-order valence-corrected chi connectivity index (χ1v) is 8.31. The molecule has 0 fully saturated rings. The summed E-state index contributed by atoms with van der Waals surface area (Å²) in [5.41, 5.74) is 6.21. The van der Waals surface area contributed by atoms with E-state index in [0.29, 0.717) is 11.5 Å². The van der Waals surface area contributed by atoms with Crippen LogP contribution in [0.1, 0.15) is 11.3 Å². The Morgan fingerprint density at radius 2 is 1.81 bits per heavy atom. The zero-order valence-corrected chi connectivity index (χ0v) is 14.3. The van der Waals surface area contributed by atoms with E-state index in [0.717, 1.165) is 38.9 Å². The van der Waals surface area contributed by atoms with Crippen molar-refractivity contribution in [1.82, 2.24) is 30.0 Å². The molecular weight excluding hydrogens is 326 g/mol. The van der Waals surface area contributed by atoms with Crippen LogP contribution in [0.25, 0.3) is 27.6 Å². The van der Waals surface area contributed by atoms with Crippen molar-refractivity contribution < 1.29 is 0 Å². The number of hydrogen-bond donors (Lipinski definition) is 1. The van der Waals surface area contributed by atoms with Gasteiger partial charge in [0, 0.05) is 11.1 Å². The molecule has 0 unspecified atom stereocenters. The van der Waals surface area contributed by atoms with E-state index in [9.17, 15) is 0 Å².